The molecule has 0 saturated heterocycles. The molecule has 1 amide bonds. The van der Waals surface area contributed by atoms with Crippen molar-refractivity contribution in [3.63, 3.8) is 0 Å². The second-order valence-electron chi connectivity index (χ2n) is 9.73. The number of nitrogens with one attached hydrogen (secondary N) is 1. The number of ketones is 2. The van der Waals surface area contributed by atoms with Crippen molar-refractivity contribution in [1.82, 2.24) is 4.72 Å². The predicted octanol–water partition coefficient (Wildman–Crippen LogP) is 2.56. The molecule has 0 radical (unpaired) electrons. The second kappa shape index (κ2) is 12.4. The number of carbonyl (C=O) groups is 4. The van der Waals surface area contributed by atoms with E-state index in [1.165, 1.54) is 4.90 Å². The fraction of sp³-hybridized carbons (Fsp3) is 0.407. The van der Waals surface area contributed by atoms with Gasteiger partial charge in [0.15, 0.2) is 29.0 Å². The van der Waals surface area contributed by atoms with Crippen molar-refractivity contribution in [3.05, 3.63) is 58.9 Å². The molecule has 0 fully saturated rings. The maximum absolute atomic E-state index is 13.9. The highest BCUT2D eigenvalue weighted by molar-refractivity contribution is 7.88. The number of aliphatic carboxylic acids is 1. The standard InChI is InChI=1S/C26H25F3N2O8S.CH4/c1-40(37,38)30-18-8-5-13-3-2-4-14-9-19(31(24(13)14)26(18)36)20(32)10-15(11-22(34)35)21(33)12-39-25-17(28)7-6-16(27)23(25)29;/h2-4,6-7,15,18-19,30H,5,8-12H2,1H3,(H,34,35);1H4/t15?,18-,19-;/m0./s1. The van der Waals surface area contributed by atoms with Gasteiger partial charge in [-0.15, -0.1) is 0 Å². The van der Waals surface area contributed by atoms with Gasteiger partial charge in [-0.05, 0) is 36.1 Å². The number of carboxylic acids is 1. The van der Waals surface area contributed by atoms with Gasteiger partial charge >= 0.3 is 5.97 Å². The average molecular weight is 599 g/mol. The number of para-hydroxylation sites is 1. The highest BCUT2D eigenvalue weighted by atomic mass is 32.2. The summed E-state index contributed by atoms with van der Waals surface area (Å²) in [6, 6.07) is 4.04. The number of amides is 1. The lowest BCUT2D eigenvalue weighted by atomic mass is 9.90. The molecule has 1 unspecified atom stereocenters. The summed E-state index contributed by atoms with van der Waals surface area (Å²) in [7, 11) is -3.78. The quantitative estimate of drug-likeness (QED) is 0.375. The molecule has 41 heavy (non-hydrogen) atoms. The Morgan fingerprint density at radius 3 is 2.41 bits per heavy atom. The van der Waals surface area contributed by atoms with Gasteiger partial charge in [0, 0.05) is 18.8 Å². The first-order chi connectivity index (χ1) is 18.8. The smallest absolute Gasteiger partial charge is 0.304 e. The number of benzene rings is 2. The lowest BCUT2D eigenvalue weighted by Crippen LogP contribution is -2.52. The molecule has 2 aliphatic rings. The van der Waals surface area contributed by atoms with Crippen LogP contribution < -0.4 is 14.4 Å². The Morgan fingerprint density at radius 1 is 1.10 bits per heavy atom. The SMILES string of the molecule is C.CS(=O)(=O)N[C@H]1CCc2cccc3c2N(C1=O)[C@H](C(=O)CC(CC(=O)O)C(=O)COc1c(F)ccc(F)c1F)C3. The van der Waals surface area contributed by atoms with Gasteiger partial charge in [-0.25, -0.2) is 21.9 Å². The molecule has 3 atom stereocenters. The number of carboxylic acid groups (broad SMARTS) is 1. The van der Waals surface area contributed by atoms with Gasteiger partial charge in [0.25, 0.3) is 0 Å². The Balaban J connectivity index is 0.00000462. The number of aryl methyl sites for hydroxylation is 1. The van der Waals surface area contributed by atoms with E-state index < -0.39 is 94.1 Å². The maximum Gasteiger partial charge on any atom is 0.304 e. The summed E-state index contributed by atoms with van der Waals surface area (Å²) in [5.41, 5.74) is 1.86. The lowest BCUT2D eigenvalue weighted by Gasteiger charge is -2.28. The van der Waals surface area contributed by atoms with Crippen molar-refractivity contribution in [2.45, 2.75) is 51.6 Å². The van der Waals surface area contributed by atoms with Gasteiger partial charge in [0.1, 0.15) is 12.6 Å². The van der Waals surface area contributed by atoms with E-state index in [-0.39, 0.29) is 20.3 Å². The first-order valence-electron chi connectivity index (χ1n) is 12.2. The monoisotopic (exact) mass is 598 g/mol. The van der Waals surface area contributed by atoms with Crippen LogP contribution in [0.2, 0.25) is 0 Å². The number of ether oxygens (including phenoxy) is 1. The first kappa shape index (κ1) is 31.7. The van der Waals surface area contributed by atoms with Crippen molar-refractivity contribution in [1.29, 1.82) is 0 Å². The molecule has 2 N–H and O–H groups in total. The molecule has 4 rings (SSSR count). The van der Waals surface area contributed by atoms with Crippen LogP contribution in [0, 0.1) is 23.4 Å². The van der Waals surface area contributed by atoms with Crippen molar-refractivity contribution in [2.24, 2.45) is 5.92 Å². The minimum absolute atomic E-state index is 0. The van der Waals surface area contributed by atoms with Crippen LogP contribution in [-0.2, 0) is 42.0 Å². The van der Waals surface area contributed by atoms with Crippen LogP contribution >= 0.6 is 0 Å². The molecule has 0 aliphatic carbocycles. The van der Waals surface area contributed by atoms with Gasteiger partial charge in [0.2, 0.25) is 21.7 Å². The zero-order valence-electron chi connectivity index (χ0n) is 21.2. The topological polar surface area (TPSA) is 147 Å². The van der Waals surface area contributed by atoms with Crippen molar-refractivity contribution >= 4 is 39.2 Å². The summed E-state index contributed by atoms with van der Waals surface area (Å²) in [5, 5.41) is 9.33. The fourth-order valence-electron chi connectivity index (χ4n) is 5.05. The summed E-state index contributed by atoms with van der Waals surface area (Å²) < 4.78 is 72.1. The van der Waals surface area contributed by atoms with Gasteiger partial charge in [-0.2, -0.15) is 4.39 Å². The molecule has 222 valence electrons. The van der Waals surface area contributed by atoms with Crippen molar-refractivity contribution in [3.8, 4) is 5.75 Å². The summed E-state index contributed by atoms with van der Waals surface area (Å²) >= 11 is 0. The summed E-state index contributed by atoms with van der Waals surface area (Å²) in [6.07, 6.45) is -0.00995. The average Bonchev–Trinajstić information content (AvgIpc) is 3.21. The molecule has 2 aromatic carbocycles. The molecule has 2 aliphatic heterocycles. The van der Waals surface area contributed by atoms with Crippen LogP contribution in [0.3, 0.4) is 0 Å². The van der Waals surface area contributed by atoms with Crippen molar-refractivity contribution in [2.75, 3.05) is 17.8 Å². The van der Waals surface area contributed by atoms with Crippen LogP contribution in [0.1, 0.15) is 37.8 Å². The Morgan fingerprint density at radius 2 is 1.76 bits per heavy atom. The van der Waals surface area contributed by atoms with E-state index in [1.807, 2.05) is 0 Å². The molecular formula is C27H29F3N2O8S. The number of rotatable bonds is 11. The Bertz CT molecular complexity index is 1500. The highest BCUT2D eigenvalue weighted by Gasteiger charge is 2.44. The minimum Gasteiger partial charge on any atom is -0.481 e. The first-order valence-corrected chi connectivity index (χ1v) is 14.1. The summed E-state index contributed by atoms with van der Waals surface area (Å²) in [4.78, 5) is 52.5. The van der Waals surface area contributed by atoms with E-state index in [0.717, 1.165) is 11.8 Å². The number of hydrogen-bond donors (Lipinski definition) is 2. The number of anilines is 1. The molecular weight excluding hydrogens is 569 g/mol. The lowest BCUT2D eigenvalue weighted by molar-refractivity contribution is -0.142. The predicted molar refractivity (Wildman–Crippen MR) is 140 cm³/mol. The van der Waals surface area contributed by atoms with Crippen molar-refractivity contribution < 1.29 is 50.6 Å². The molecule has 0 spiro atoms. The fourth-order valence-corrected chi connectivity index (χ4v) is 5.78. The van der Waals surface area contributed by atoms with Gasteiger partial charge in [0.05, 0.1) is 24.4 Å². The van der Waals surface area contributed by atoms with Crippen LogP contribution in [0.25, 0.3) is 0 Å². The largest absolute Gasteiger partial charge is 0.481 e. The molecule has 2 aromatic rings. The minimum atomic E-state index is -3.78. The Kier molecular flexibility index (Phi) is 9.59. The number of hydrogen-bond acceptors (Lipinski definition) is 7. The van der Waals surface area contributed by atoms with E-state index in [1.54, 1.807) is 18.2 Å². The molecule has 0 saturated carbocycles. The third-order valence-corrected chi connectivity index (χ3v) is 7.53. The zero-order chi connectivity index (χ0) is 29.4. The van der Waals surface area contributed by atoms with Crippen LogP contribution in [0.4, 0.5) is 18.9 Å². The van der Waals surface area contributed by atoms with E-state index >= 15 is 0 Å². The Hall–Kier alpha value is -3.78. The van der Waals surface area contributed by atoms with E-state index in [9.17, 15) is 45.9 Å². The number of carbonyl (C=O) groups excluding carboxylic acids is 3. The third kappa shape index (κ3) is 6.93. The van der Waals surface area contributed by atoms with Crippen LogP contribution in [0.15, 0.2) is 30.3 Å². The third-order valence-electron chi connectivity index (χ3n) is 6.82. The molecule has 14 heteroatoms. The number of sulfonamides is 1. The molecule has 0 bridgehead atoms. The second-order valence-corrected chi connectivity index (χ2v) is 11.5. The summed E-state index contributed by atoms with van der Waals surface area (Å²) in [6.45, 7) is -1.04. The number of nitrogens with zero attached hydrogens (tertiary/aromatic N) is 1. The zero-order valence-corrected chi connectivity index (χ0v) is 22.0. The molecule has 10 nitrogen and oxygen atoms in total. The number of halogens is 3. The highest BCUT2D eigenvalue weighted by Crippen LogP contribution is 2.40. The van der Waals surface area contributed by atoms with Crippen LogP contribution in [0.5, 0.6) is 5.75 Å². The van der Waals surface area contributed by atoms with Gasteiger partial charge < -0.3 is 9.84 Å². The van der Waals surface area contributed by atoms with E-state index in [0.29, 0.717) is 29.8 Å². The normalized spacial score (nSPS) is 18.6. The van der Waals surface area contributed by atoms with Gasteiger partial charge in [-0.3, -0.25) is 24.1 Å². The van der Waals surface area contributed by atoms with Gasteiger partial charge in [-0.1, -0.05) is 25.6 Å². The van der Waals surface area contributed by atoms with E-state index in [4.69, 9.17) is 4.74 Å². The van der Waals surface area contributed by atoms with E-state index in [2.05, 4.69) is 4.72 Å². The van der Waals surface area contributed by atoms with Crippen LogP contribution in [-0.4, -0.2) is 61.9 Å². The summed E-state index contributed by atoms with van der Waals surface area (Å²) in [5.74, 6) is -10.8. The molecule has 2 heterocycles. The molecule has 0 aromatic heterocycles. The maximum atomic E-state index is 13.9. The Labute approximate surface area is 234 Å². The number of Topliss-reactive ketones (excluding diaryl/α,β-unsaturated/α-hetero) is 2.